The second-order valence-electron chi connectivity index (χ2n) is 6.14. The zero-order valence-corrected chi connectivity index (χ0v) is 12.8. The van der Waals surface area contributed by atoms with E-state index in [1.807, 2.05) is 19.0 Å². The van der Waals surface area contributed by atoms with Crippen LogP contribution in [0.25, 0.3) is 0 Å². The van der Waals surface area contributed by atoms with Gasteiger partial charge in [0.1, 0.15) is 5.56 Å². The summed E-state index contributed by atoms with van der Waals surface area (Å²) in [6.45, 7) is 3.30. The molecule has 0 saturated carbocycles. The third-order valence-electron chi connectivity index (χ3n) is 3.88. The van der Waals surface area contributed by atoms with Crippen molar-refractivity contribution in [2.45, 2.75) is 25.4 Å². The highest BCUT2D eigenvalue weighted by atomic mass is 16.3. The Bertz CT molecular complexity index is 572. The average molecular weight is 293 g/mol. The number of nitrogens with one attached hydrogen (secondary N) is 1. The summed E-state index contributed by atoms with van der Waals surface area (Å²) in [6, 6.07) is 3.29. The third-order valence-corrected chi connectivity index (χ3v) is 3.88. The van der Waals surface area contributed by atoms with Crippen LogP contribution in [0.15, 0.2) is 16.9 Å². The lowest BCUT2D eigenvalue weighted by molar-refractivity contribution is -0.0324. The minimum atomic E-state index is -0.750. The minimum absolute atomic E-state index is 0.165. The summed E-state index contributed by atoms with van der Waals surface area (Å²) in [4.78, 5) is 30.4. The summed E-state index contributed by atoms with van der Waals surface area (Å²) >= 11 is 0. The van der Waals surface area contributed by atoms with E-state index in [1.165, 1.54) is 0 Å². The number of pyridine rings is 1. The van der Waals surface area contributed by atoms with E-state index in [0.29, 0.717) is 32.5 Å². The van der Waals surface area contributed by atoms with E-state index >= 15 is 0 Å². The van der Waals surface area contributed by atoms with Gasteiger partial charge in [-0.2, -0.15) is 0 Å². The number of aliphatic hydroxyl groups is 1. The molecule has 1 fully saturated rings. The predicted molar refractivity (Wildman–Crippen MR) is 80.4 cm³/mol. The van der Waals surface area contributed by atoms with Crippen LogP contribution in [-0.2, 0) is 0 Å². The fraction of sp³-hybridized carbons (Fsp3) is 0.600. The maximum Gasteiger partial charge on any atom is 0.260 e. The van der Waals surface area contributed by atoms with Crippen molar-refractivity contribution in [1.29, 1.82) is 0 Å². The Balaban J connectivity index is 2.05. The third kappa shape index (κ3) is 3.71. The maximum atomic E-state index is 12.4. The lowest BCUT2D eigenvalue weighted by Crippen LogP contribution is -2.51. The molecule has 1 aliphatic heterocycles. The van der Waals surface area contributed by atoms with Gasteiger partial charge in [0, 0.05) is 25.3 Å². The van der Waals surface area contributed by atoms with Crippen molar-refractivity contribution < 1.29 is 9.90 Å². The number of likely N-dealkylation sites (tertiary alicyclic amines) is 1. The largest absolute Gasteiger partial charge is 0.388 e. The van der Waals surface area contributed by atoms with Gasteiger partial charge in [-0.25, -0.2) is 0 Å². The Morgan fingerprint density at radius 1 is 1.38 bits per heavy atom. The van der Waals surface area contributed by atoms with E-state index < -0.39 is 5.60 Å². The number of rotatable bonds is 3. The van der Waals surface area contributed by atoms with Gasteiger partial charge >= 0.3 is 0 Å². The average Bonchev–Trinajstić information content (AvgIpc) is 2.37. The Morgan fingerprint density at radius 2 is 2.00 bits per heavy atom. The lowest BCUT2D eigenvalue weighted by Gasteiger charge is -2.39. The lowest BCUT2D eigenvalue weighted by atomic mass is 9.90. The van der Waals surface area contributed by atoms with E-state index in [2.05, 4.69) is 4.98 Å². The van der Waals surface area contributed by atoms with Crippen LogP contribution in [0.1, 0.15) is 28.9 Å². The number of aromatic nitrogens is 1. The van der Waals surface area contributed by atoms with E-state index in [9.17, 15) is 14.7 Å². The monoisotopic (exact) mass is 293 g/mol. The molecule has 0 radical (unpaired) electrons. The van der Waals surface area contributed by atoms with Crippen molar-refractivity contribution in [2.24, 2.45) is 0 Å². The number of aryl methyl sites for hydroxylation is 1. The van der Waals surface area contributed by atoms with Crippen LogP contribution in [0.2, 0.25) is 0 Å². The SMILES string of the molecule is Cc1ccc(C(=O)N2CCC(O)(CN(C)C)CC2)c(=O)[nH]1. The summed E-state index contributed by atoms with van der Waals surface area (Å²) in [7, 11) is 3.84. The van der Waals surface area contributed by atoms with Crippen LogP contribution in [-0.4, -0.2) is 65.1 Å². The van der Waals surface area contributed by atoms with Crippen LogP contribution >= 0.6 is 0 Å². The van der Waals surface area contributed by atoms with Crippen molar-refractivity contribution in [2.75, 3.05) is 33.7 Å². The van der Waals surface area contributed by atoms with Gasteiger partial charge in [-0.15, -0.1) is 0 Å². The summed E-state index contributed by atoms with van der Waals surface area (Å²) in [5.41, 5.74) is -0.205. The van der Waals surface area contributed by atoms with Gasteiger partial charge in [0.2, 0.25) is 0 Å². The molecule has 0 aromatic carbocycles. The molecule has 2 rings (SSSR count). The Morgan fingerprint density at radius 3 is 2.52 bits per heavy atom. The van der Waals surface area contributed by atoms with Crippen molar-refractivity contribution in [1.82, 2.24) is 14.8 Å². The van der Waals surface area contributed by atoms with Crippen LogP contribution in [0, 0.1) is 6.92 Å². The highest BCUT2D eigenvalue weighted by Gasteiger charge is 2.34. The first-order valence-corrected chi connectivity index (χ1v) is 7.17. The van der Waals surface area contributed by atoms with Crippen molar-refractivity contribution in [3.63, 3.8) is 0 Å². The first-order valence-electron chi connectivity index (χ1n) is 7.17. The van der Waals surface area contributed by atoms with E-state index in [0.717, 1.165) is 5.69 Å². The Labute approximate surface area is 124 Å². The molecule has 21 heavy (non-hydrogen) atoms. The fourth-order valence-electron chi connectivity index (χ4n) is 2.78. The molecule has 0 aliphatic carbocycles. The minimum Gasteiger partial charge on any atom is -0.388 e. The molecule has 0 spiro atoms. The van der Waals surface area contributed by atoms with Crippen LogP contribution in [0.5, 0.6) is 0 Å². The van der Waals surface area contributed by atoms with Gasteiger partial charge in [-0.1, -0.05) is 0 Å². The van der Waals surface area contributed by atoms with Gasteiger partial charge in [-0.05, 0) is 46.0 Å². The summed E-state index contributed by atoms with van der Waals surface area (Å²) in [6.07, 6.45) is 1.06. The first kappa shape index (κ1) is 15.7. The molecule has 6 nitrogen and oxygen atoms in total. The first-order chi connectivity index (χ1) is 9.81. The predicted octanol–water partition coefficient (Wildman–Crippen LogP) is 0.212. The van der Waals surface area contributed by atoms with Crippen molar-refractivity contribution in [3.8, 4) is 0 Å². The number of piperidine rings is 1. The molecule has 0 unspecified atom stereocenters. The Hall–Kier alpha value is -1.66. The maximum absolute atomic E-state index is 12.4. The molecule has 1 saturated heterocycles. The smallest absolute Gasteiger partial charge is 0.260 e. The number of hydrogen-bond donors (Lipinski definition) is 2. The van der Waals surface area contributed by atoms with E-state index in [-0.39, 0.29) is 17.0 Å². The standard InChI is InChI=1S/C15H23N3O3/c1-11-4-5-12(13(19)16-11)14(20)18-8-6-15(21,7-9-18)10-17(2)3/h4-5,21H,6-10H2,1-3H3,(H,16,19). The molecular formula is C15H23N3O3. The molecular weight excluding hydrogens is 270 g/mol. The normalized spacial score (nSPS) is 18.0. The molecule has 1 aromatic rings. The number of amides is 1. The number of aromatic amines is 1. The molecule has 2 heterocycles. The van der Waals surface area contributed by atoms with Crippen LogP contribution < -0.4 is 5.56 Å². The summed E-state index contributed by atoms with van der Waals surface area (Å²) in [5.74, 6) is -0.261. The number of likely N-dealkylation sites (N-methyl/N-ethyl adjacent to an activating group) is 1. The van der Waals surface area contributed by atoms with Crippen LogP contribution in [0.4, 0.5) is 0 Å². The summed E-state index contributed by atoms with van der Waals surface area (Å²) < 4.78 is 0. The number of hydrogen-bond acceptors (Lipinski definition) is 4. The zero-order valence-electron chi connectivity index (χ0n) is 12.8. The quantitative estimate of drug-likeness (QED) is 0.835. The molecule has 2 N–H and O–H groups in total. The molecule has 1 amide bonds. The van der Waals surface area contributed by atoms with Crippen LogP contribution in [0.3, 0.4) is 0 Å². The van der Waals surface area contributed by atoms with E-state index in [1.54, 1.807) is 24.0 Å². The Kier molecular flexibility index (Phi) is 4.49. The van der Waals surface area contributed by atoms with Gasteiger partial charge in [0.05, 0.1) is 5.60 Å². The topological polar surface area (TPSA) is 76.6 Å². The molecule has 116 valence electrons. The van der Waals surface area contributed by atoms with Crippen molar-refractivity contribution >= 4 is 5.91 Å². The highest BCUT2D eigenvalue weighted by molar-refractivity contribution is 5.93. The number of H-pyrrole nitrogens is 1. The highest BCUT2D eigenvalue weighted by Crippen LogP contribution is 2.23. The second-order valence-corrected chi connectivity index (χ2v) is 6.14. The number of carbonyl (C=O) groups excluding carboxylic acids is 1. The molecule has 6 heteroatoms. The molecule has 1 aromatic heterocycles. The van der Waals surface area contributed by atoms with Crippen molar-refractivity contribution in [3.05, 3.63) is 33.7 Å². The second kappa shape index (κ2) is 5.99. The van der Waals surface area contributed by atoms with Gasteiger partial charge in [0.15, 0.2) is 0 Å². The molecule has 0 bridgehead atoms. The van der Waals surface area contributed by atoms with Gasteiger partial charge in [0.25, 0.3) is 11.5 Å². The summed E-state index contributed by atoms with van der Waals surface area (Å²) in [5, 5.41) is 10.5. The van der Waals surface area contributed by atoms with Gasteiger partial charge in [-0.3, -0.25) is 9.59 Å². The molecule has 1 aliphatic rings. The van der Waals surface area contributed by atoms with Gasteiger partial charge < -0.3 is 19.9 Å². The number of carbonyl (C=O) groups is 1. The van der Waals surface area contributed by atoms with E-state index in [4.69, 9.17) is 0 Å². The number of nitrogens with zero attached hydrogens (tertiary/aromatic N) is 2. The fourth-order valence-corrected chi connectivity index (χ4v) is 2.78. The zero-order chi connectivity index (χ0) is 15.6. The molecule has 0 atom stereocenters.